The topological polar surface area (TPSA) is 43.4 Å². The maximum atomic E-state index is 10.9. The van der Waals surface area contributed by atoms with Crippen LogP contribution in [0, 0.1) is 3.57 Å². The summed E-state index contributed by atoms with van der Waals surface area (Å²) in [6.07, 6.45) is 1.51. The first-order chi connectivity index (χ1) is 5.29. The van der Waals surface area contributed by atoms with Gasteiger partial charge in [-0.25, -0.2) is 4.79 Å². The predicted octanol–water partition coefficient (Wildman–Crippen LogP) is 1.94. The molecule has 2 aliphatic rings. The van der Waals surface area contributed by atoms with E-state index in [0.717, 1.165) is 0 Å². The summed E-state index contributed by atoms with van der Waals surface area (Å²) in [7, 11) is 0. The standard InChI is InChI=1S/C7H3IO3/c8-5-6-4(11-7(5)9)2-1-3-10-6/h1-3H. The Hall–Kier alpha value is -0.780. The lowest BCUT2D eigenvalue weighted by molar-refractivity contribution is 0.509. The molecule has 0 saturated carbocycles. The molecular formula is C7H3IO3. The van der Waals surface area contributed by atoms with E-state index in [2.05, 4.69) is 0 Å². The zero-order valence-corrected chi connectivity index (χ0v) is 7.49. The lowest BCUT2D eigenvalue weighted by Crippen LogP contribution is -1.93. The Morgan fingerprint density at radius 3 is 3.00 bits per heavy atom. The lowest BCUT2D eigenvalue weighted by atomic mass is 10.3. The monoisotopic (exact) mass is 262 g/mol. The molecule has 0 saturated heterocycles. The average molecular weight is 262 g/mol. The van der Waals surface area contributed by atoms with E-state index in [1.54, 1.807) is 12.1 Å². The molecular weight excluding hydrogens is 259 g/mol. The third-order valence-corrected chi connectivity index (χ3v) is 2.25. The molecule has 0 aliphatic carbocycles. The maximum absolute atomic E-state index is 10.9. The fourth-order valence-electron chi connectivity index (χ4n) is 0.845. The van der Waals surface area contributed by atoms with Crippen LogP contribution in [0.25, 0.3) is 11.5 Å². The van der Waals surface area contributed by atoms with Crippen LogP contribution in [0.2, 0.25) is 0 Å². The normalized spacial score (nSPS) is 10.6. The second kappa shape index (κ2) is 2.37. The number of halogens is 1. The zero-order chi connectivity index (χ0) is 7.84. The van der Waals surface area contributed by atoms with E-state index in [1.165, 1.54) is 6.26 Å². The van der Waals surface area contributed by atoms with Crippen molar-refractivity contribution in [1.29, 1.82) is 0 Å². The van der Waals surface area contributed by atoms with E-state index in [9.17, 15) is 4.79 Å². The minimum absolute atomic E-state index is 0.337. The average Bonchev–Trinajstić information content (AvgIpc) is 2.30. The van der Waals surface area contributed by atoms with Crippen LogP contribution < -0.4 is 5.63 Å². The number of rotatable bonds is 0. The zero-order valence-electron chi connectivity index (χ0n) is 5.33. The highest BCUT2D eigenvalue weighted by Crippen LogP contribution is 2.24. The second-order valence-corrected chi connectivity index (χ2v) is 3.09. The molecule has 2 rings (SSSR count). The molecule has 11 heavy (non-hydrogen) atoms. The summed E-state index contributed by atoms with van der Waals surface area (Å²) in [6, 6.07) is 3.38. The number of furan rings is 1. The molecule has 4 heteroatoms. The molecule has 0 bridgehead atoms. The van der Waals surface area contributed by atoms with Crippen LogP contribution >= 0.6 is 22.6 Å². The third kappa shape index (κ3) is 0.973. The molecule has 0 spiro atoms. The molecule has 0 amide bonds. The van der Waals surface area contributed by atoms with Gasteiger partial charge in [-0.3, -0.25) is 0 Å². The highest BCUT2D eigenvalue weighted by Gasteiger charge is 2.16. The minimum atomic E-state index is -0.337. The summed E-state index contributed by atoms with van der Waals surface area (Å²) in [5.74, 6) is 1.03. The van der Waals surface area contributed by atoms with Crippen molar-refractivity contribution in [1.82, 2.24) is 0 Å². The van der Waals surface area contributed by atoms with Gasteiger partial charge in [0.15, 0.2) is 11.5 Å². The maximum Gasteiger partial charge on any atom is 0.353 e. The molecule has 2 heterocycles. The molecule has 0 atom stereocenters. The van der Waals surface area contributed by atoms with Gasteiger partial charge in [-0.05, 0) is 34.7 Å². The summed E-state index contributed by atoms with van der Waals surface area (Å²) < 4.78 is 10.4. The van der Waals surface area contributed by atoms with Crippen molar-refractivity contribution < 1.29 is 8.83 Å². The van der Waals surface area contributed by atoms with Crippen molar-refractivity contribution in [2.24, 2.45) is 0 Å². The van der Waals surface area contributed by atoms with Crippen LogP contribution in [0.15, 0.2) is 32.0 Å². The summed E-state index contributed by atoms with van der Waals surface area (Å²) >= 11 is 1.90. The molecule has 0 unspecified atom stereocenters. The van der Waals surface area contributed by atoms with Crippen molar-refractivity contribution in [2.45, 2.75) is 0 Å². The number of fused-ring (bicyclic) bond motifs is 1. The van der Waals surface area contributed by atoms with Crippen LogP contribution in [-0.2, 0) is 0 Å². The Morgan fingerprint density at radius 2 is 2.27 bits per heavy atom. The van der Waals surface area contributed by atoms with Gasteiger partial charge < -0.3 is 8.83 Å². The Balaban J connectivity index is 2.91. The van der Waals surface area contributed by atoms with Gasteiger partial charge in [0, 0.05) is 0 Å². The van der Waals surface area contributed by atoms with Crippen LogP contribution in [0.3, 0.4) is 0 Å². The fourth-order valence-corrected chi connectivity index (χ4v) is 1.35. The molecule has 0 aromatic rings. The SMILES string of the molecule is O=c1oc2cccoc-2c1I. The number of hydrogen-bond donors (Lipinski definition) is 0. The summed E-state index contributed by atoms with van der Waals surface area (Å²) in [5, 5.41) is 0. The van der Waals surface area contributed by atoms with Crippen LogP contribution in [0.5, 0.6) is 0 Å². The van der Waals surface area contributed by atoms with Crippen molar-refractivity contribution in [3.63, 3.8) is 0 Å². The van der Waals surface area contributed by atoms with Gasteiger partial charge in [0.25, 0.3) is 0 Å². The molecule has 0 aromatic carbocycles. The Bertz CT molecular complexity index is 401. The Morgan fingerprint density at radius 1 is 1.45 bits per heavy atom. The quantitative estimate of drug-likeness (QED) is 0.681. The lowest BCUT2D eigenvalue weighted by Gasteiger charge is -1.90. The van der Waals surface area contributed by atoms with Gasteiger partial charge in [0.1, 0.15) is 3.57 Å². The molecule has 0 fully saturated rings. The first kappa shape index (κ1) is 6.90. The smallest absolute Gasteiger partial charge is 0.353 e. The highest BCUT2D eigenvalue weighted by atomic mass is 127. The van der Waals surface area contributed by atoms with E-state index >= 15 is 0 Å². The van der Waals surface area contributed by atoms with Gasteiger partial charge >= 0.3 is 5.63 Å². The highest BCUT2D eigenvalue weighted by molar-refractivity contribution is 14.1. The molecule has 56 valence electrons. The van der Waals surface area contributed by atoms with Crippen molar-refractivity contribution in [3.8, 4) is 11.5 Å². The van der Waals surface area contributed by atoms with E-state index in [4.69, 9.17) is 8.83 Å². The molecule has 0 N–H and O–H groups in total. The second-order valence-electron chi connectivity index (χ2n) is 2.01. The van der Waals surface area contributed by atoms with E-state index < -0.39 is 0 Å². The van der Waals surface area contributed by atoms with Crippen molar-refractivity contribution >= 4 is 22.6 Å². The van der Waals surface area contributed by atoms with Crippen molar-refractivity contribution in [2.75, 3.05) is 0 Å². The van der Waals surface area contributed by atoms with Gasteiger partial charge in [-0.2, -0.15) is 0 Å². The van der Waals surface area contributed by atoms with Crippen LogP contribution in [0.1, 0.15) is 0 Å². The van der Waals surface area contributed by atoms with Crippen LogP contribution in [0.4, 0.5) is 0 Å². The molecule has 3 nitrogen and oxygen atoms in total. The van der Waals surface area contributed by atoms with Gasteiger partial charge in [0.2, 0.25) is 0 Å². The first-order valence-corrected chi connectivity index (χ1v) is 4.03. The molecule has 0 aromatic heterocycles. The Labute approximate surface area is 75.5 Å². The van der Waals surface area contributed by atoms with Gasteiger partial charge in [0.05, 0.1) is 6.26 Å². The Kier molecular flexibility index (Phi) is 1.49. The summed E-state index contributed by atoms with van der Waals surface area (Å²) in [6.45, 7) is 0. The third-order valence-electron chi connectivity index (χ3n) is 1.32. The summed E-state index contributed by atoms with van der Waals surface area (Å²) in [4.78, 5) is 10.9. The first-order valence-electron chi connectivity index (χ1n) is 2.95. The van der Waals surface area contributed by atoms with Gasteiger partial charge in [-0.15, -0.1) is 0 Å². The van der Waals surface area contributed by atoms with E-state index in [-0.39, 0.29) is 5.63 Å². The van der Waals surface area contributed by atoms with Gasteiger partial charge in [-0.1, -0.05) is 0 Å². The number of hydrogen-bond acceptors (Lipinski definition) is 3. The molecule has 0 radical (unpaired) electrons. The van der Waals surface area contributed by atoms with E-state index in [0.29, 0.717) is 15.1 Å². The fraction of sp³-hybridized carbons (Fsp3) is 0. The van der Waals surface area contributed by atoms with Crippen LogP contribution in [-0.4, -0.2) is 0 Å². The predicted molar refractivity (Wildman–Crippen MR) is 46.6 cm³/mol. The molecule has 2 aliphatic heterocycles. The largest absolute Gasteiger partial charge is 0.460 e. The van der Waals surface area contributed by atoms with Crippen molar-refractivity contribution in [3.05, 3.63) is 32.4 Å². The summed E-state index contributed by atoms with van der Waals surface area (Å²) in [5.41, 5.74) is -0.337. The minimum Gasteiger partial charge on any atom is -0.460 e. The van der Waals surface area contributed by atoms with E-state index in [1.807, 2.05) is 22.6 Å².